The first kappa shape index (κ1) is 11.4. The van der Waals surface area contributed by atoms with Crippen LogP contribution < -0.4 is 10.6 Å². The van der Waals surface area contributed by atoms with Gasteiger partial charge in [0.2, 0.25) is 0 Å². The van der Waals surface area contributed by atoms with Gasteiger partial charge in [0.15, 0.2) is 0 Å². The Balaban J connectivity index is 2.70. The second kappa shape index (κ2) is 5.90. The molecule has 0 unspecified atom stereocenters. The number of ether oxygens (including phenoxy) is 1. The van der Waals surface area contributed by atoms with Crippen LogP contribution in [0.3, 0.4) is 0 Å². The molecule has 0 saturated carbocycles. The number of para-hydroxylation sites is 2. The fourth-order valence-corrected chi connectivity index (χ4v) is 1.21. The van der Waals surface area contributed by atoms with E-state index in [1.54, 1.807) is 6.92 Å². The molecule has 0 aromatic heterocycles. The third kappa shape index (κ3) is 3.50. The molecule has 0 fully saturated rings. The molecule has 4 nitrogen and oxygen atoms in total. The first-order chi connectivity index (χ1) is 7.27. The highest BCUT2D eigenvalue weighted by Crippen LogP contribution is 2.20. The molecule has 0 aliphatic heterocycles. The van der Waals surface area contributed by atoms with Crippen LogP contribution >= 0.6 is 0 Å². The van der Waals surface area contributed by atoms with E-state index < -0.39 is 6.09 Å². The minimum absolute atomic E-state index is 0.370. The Bertz CT molecular complexity index is 326. The Labute approximate surface area is 89.6 Å². The van der Waals surface area contributed by atoms with Crippen molar-refractivity contribution in [1.82, 2.24) is 0 Å². The van der Waals surface area contributed by atoms with Crippen molar-refractivity contribution in [3.8, 4) is 0 Å². The Morgan fingerprint density at radius 1 is 1.27 bits per heavy atom. The Kier molecular flexibility index (Phi) is 4.47. The summed E-state index contributed by atoms with van der Waals surface area (Å²) in [4.78, 5) is 11.2. The molecule has 1 amide bonds. The lowest BCUT2D eigenvalue weighted by Crippen LogP contribution is -2.14. The number of benzene rings is 1. The maximum Gasteiger partial charge on any atom is 0.411 e. The largest absolute Gasteiger partial charge is 0.450 e. The number of hydrogen-bond donors (Lipinski definition) is 2. The maximum absolute atomic E-state index is 11.2. The van der Waals surface area contributed by atoms with E-state index in [-0.39, 0.29) is 0 Å². The van der Waals surface area contributed by atoms with Crippen LogP contribution in [0.2, 0.25) is 0 Å². The molecular formula is C11H16N2O2. The van der Waals surface area contributed by atoms with E-state index in [0.717, 1.165) is 17.9 Å². The summed E-state index contributed by atoms with van der Waals surface area (Å²) in [5, 5.41) is 5.83. The standard InChI is InChI=1S/C11H16N2O2/c1-3-12-9-7-5-6-8-10(9)13-11(14)15-4-2/h5-8,12H,3-4H2,1-2H3,(H,13,14). The zero-order chi connectivity index (χ0) is 11.1. The van der Waals surface area contributed by atoms with Gasteiger partial charge < -0.3 is 10.1 Å². The van der Waals surface area contributed by atoms with E-state index in [2.05, 4.69) is 10.6 Å². The first-order valence-corrected chi connectivity index (χ1v) is 5.04. The highest BCUT2D eigenvalue weighted by molar-refractivity contribution is 5.89. The highest BCUT2D eigenvalue weighted by atomic mass is 16.5. The summed E-state index contributed by atoms with van der Waals surface area (Å²) in [6.45, 7) is 4.95. The Morgan fingerprint density at radius 2 is 1.93 bits per heavy atom. The number of nitrogens with one attached hydrogen (secondary N) is 2. The average Bonchev–Trinajstić information content (AvgIpc) is 2.21. The smallest absolute Gasteiger partial charge is 0.411 e. The predicted octanol–water partition coefficient (Wildman–Crippen LogP) is 2.69. The highest BCUT2D eigenvalue weighted by Gasteiger charge is 2.05. The van der Waals surface area contributed by atoms with Gasteiger partial charge in [0.25, 0.3) is 0 Å². The van der Waals surface area contributed by atoms with Crippen molar-refractivity contribution in [3.05, 3.63) is 24.3 Å². The van der Waals surface area contributed by atoms with Crippen LogP contribution in [0.25, 0.3) is 0 Å². The van der Waals surface area contributed by atoms with Gasteiger partial charge >= 0.3 is 6.09 Å². The van der Waals surface area contributed by atoms with Gasteiger partial charge in [-0.2, -0.15) is 0 Å². The van der Waals surface area contributed by atoms with E-state index in [4.69, 9.17) is 4.74 Å². The van der Waals surface area contributed by atoms with Gasteiger partial charge in [-0.15, -0.1) is 0 Å². The molecule has 0 aliphatic carbocycles. The third-order valence-corrected chi connectivity index (χ3v) is 1.81. The quantitative estimate of drug-likeness (QED) is 0.799. The molecule has 0 spiro atoms. The van der Waals surface area contributed by atoms with E-state index in [9.17, 15) is 4.79 Å². The zero-order valence-corrected chi connectivity index (χ0v) is 9.04. The van der Waals surface area contributed by atoms with Gasteiger partial charge in [-0.1, -0.05) is 12.1 Å². The van der Waals surface area contributed by atoms with E-state index in [1.165, 1.54) is 0 Å². The summed E-state index contributed by atoms with van der Waals surface area (Å²) in [5.41, 5.74) is 1.63. The normalized spacial score (nSPS) is 9.47. The molecule has 0 bridgehead atoms. The summed E-state index contributed by atoms with van der Waals surface area (Å²) in [7, 11) is 0. The summed E-state index contributed by atoms with van der Waals surface area (Å²) in [6.07, 6.45) is -0.428. The number of carbonyl (C=O) groups excluding carboxylic acids is 1. The molecule has 82 valence electrons. The van der Waals surface area contributed by atoms with Gasteiger partial charge in [0, 0.05) is 6.54 Å². The maximum atomic E-state index is 11.2. The topological polar surface area (TPSA) is 50.4 Å². The first-order valence-electron chi connectivity index (χ1n) is 5.04. The number of carbonyl (C=O) groups is 1. The SMILES string of the molecule is CCNc1ccccc1NC(=O)OCC. The Hall–Kier alpha value is -1.71. The number of anilines is 2. The lowest BCUT2D eigenvalue weighted by molar-refractivity contribution is 0.168. The number of rotatable bonds is 4. The average molecular weight is 208 g/mol. The van der Waals surface area contributed by atoms with Gasteiger partial charge in [0.05, 0.1) is 18.0 Å². The third-order valence-electron chi connectivity index (χ3n) is 1.81. The van der Waals surface area contributed by atoms with Crippen LogP contribution in [-0.2, 0) is 4.74 Å². The Morgan fingerprint density at radius 3 is 2.53 bits per heavy atom. The molecule has 1 aromatic carbocycles. The van der Waals surface area contributed by atoms with Gasteiger partial charge in [0.1, 0.15) is 0 Å². The zero-order valence-electron chi connectivity index (χ0n) is 9.04. The summed E-state index contributed by atoms with van der Waals surface area (Å²) >= 11 is 0. The van der Waals surface area contributed by atoms with Gasteiger partial charge in [-0.25, -0.2) is 4.79 Å². The second-order valence-corrected chi connectivity index (χ2v) is 2.92. The van der Waals surface area contributed by atoms with E-state index in [1.807, 2.05) is 31.2 Å². The molecule has 1 rings (SSSR count). The van der Waals surface area contributed by atoms with Crippen molar-refractivity contribution in [2.24, 2.45) is 0 Å². The van der Waals surface area contributed by atoms with Crippen molar-refractivity contribution in [2.75, 3.05) is 23.8 Å². The number of amides is 1. The molecule has 0 atom stereocenters. The minimum atomic E-state index is -0.428. The van der Waals surface area contributed by atoms with Crippen LogP contribution in [0.15, 0.2) is 24.3 Å². The van der Waals surface area contributed by atoms with Crippen molar-refractivity contribution in [3.63, 3.8) is 0 Å². The molecule has 0 heterocycles. The van der Waals surface area contributed by atoms with Crippen LogP contribution in [-0.4, -0.2) is 19.2 Å². The molecule has 0 radical (unpaired) electrons. The van der Waals surface area contributed by atoms with Gasteiger partial charge in [-0.05, 0) is 26.0 Å². The van der Waals surface area contributed by atoms with Crippen LogP contribution in [0.1, 0.15) is 13.8 Å². The van der Waals surface area contributed by atoms with Crippen LogP contribution in [0, 0.1) is 0 Å². The van der Waals surface area contributed by atoms with Crippen LogP contribution in [0.4, 0.5) is 16.2 Å². The number of hydrogen-bond acceptors (Lipinski definition) is 3. The molecule has 0 saturated heterocycles. The minimum Gasteiger partial charge on any atom is -0.450 e. The van der Waals surface area contributed by atoms with Crippen molar-refractivity contribution >= 4 is 17.5 Å². The van der Waals surface area contributed by atoms with Crippen molar-refractivity contribution < 1.29 is 9.53 Å². The lowest BCUT2D eigenvalue weighted by atomic mass is 10.2. The molecule has 4 heteroatoms. The molecule has 1 aromatic rings. The monoisotopic (exact) mass is 208 g/mol. The molecular weight excluding hydrogens is 192 g/mol. The fourth-order valence-electron chi connectivity index (χ4n) is 1.21. The summed E-state index contributed by atoms with van der Waals surface area (Å²) < 4.78 is 4.80. The second-order valence-electron chi connectivity index (χ2n) is 2.92. The predicted molar refractivity (Wildman–Crippen MR) is 61.3 cm³/mol. The van der Waals surface area contributed by atoms with Crippen LogP contribution in [0.5, 0.6) is 0 Å². The van der Waals surface area contributed by atoms with E-state index >= 15 is 0 Å². The lowest BCUT2D eigenvalue weighted by Gasteiger charge is -2.11. The van der Waals surface area contributed by atoms with Gasteiger partial charge in [-0.3, -0.25) is 5.32 Å². The molecule has 15 heavy (non-hydrogen) atoms. The summed E-state index contributed by atoms with van der Waals surface area (Å²) in [6, 6.07) is 7.51. The summed E-state index contributed by atoms with van der Waals surface area (Å²) in [5.74, 6) is 0. The van der Waals surface area contributed by atoms with E-state index in [0.29, 0.717) is 6.61 Å². The molecule has 0 aliphatic rings. The molecule has 2 N–H and O–H groups in total. The van der Waals surface area contributed by atoms with Crippen molar-refractivity contribution in [2.45, 2.75) is 13.8 Å². The van der Waals surface area contributed by atoms with Crippen molar-refractivity contribution in [1.29, 1.82) is 0 Å². The fraction of sp³-hybridized carbons (Fsp3) is 0.364.